The van der Waals surface area contributed by atoms with Crippen molar-refractivity contribution in [1.29, 1.82) is 0 Å². The summed E-state index contributed by atoms with van der Waals surface area (Å²) in [5.74, 6) is 0.320. The molecule has 0 aliphatic carbocycles. The maximum atomic E-state index is 12.3. The first-order valence-corrected chi connectivity index (χ1v) is 10.7. The van der Waals surface area contributed by atoms with Gasteiger partial charge >= 0.3 is 0 Å². The molecule has 0 saturated carbocycles. The predicted molar refractivity (Wildman–Crippen MR) is 111 cm³/mol. The average Bonchev–Trinajstić information content (AvgIpc) is 2.69. The van der Waals surface area contributed by atoms with E-state index in [2.05, 4.69) is 5.32 Å². The van der Waals surface area contributed by atoms with Crippen molar-refractivity contribution in [3.63, 3.8) is 0 Å². The molecule has 0 aliphatic heterocycles. The number of ether oxygens (including phenoxy) is 1. The summed E-state index contributed by atoms with van der Waals surface area (Å²) in [6, 6.07) is 22.1. The molecule has 0 saturated heterocycles. The first-order valence-electron chi connectivity index (χ1n) is 8.85. The molecule has 146 valence electrons. The van der Waals surface area contributed by atoms with Gasteiger partial charge < -0.3 is 10.1 Å². The van der Waals surface area contributed by atoms with Crippen molar-refractivity contribution < 1.29 is 17.9 Å². The number of para-hydroxylation sites is 1. The summed E-state index contributed by atoms with van der Waals surface area (Å²) >= 11 is 0. The van der Waals surface area contributed by atoms with Gasteiger partial charge in [0.15, 0.2) is 0 Å². The lowest BCUT2D eigenvalue weighted by atomic mass is 10.1. The highest BCUT2D eigenvalue weighted by Gasteiger charge is 2.22. The number of rotatable bonds is 8. The fourth-order valence-corrected chi connectivity index (χ4v) is 3.74. The van der Waals surface area contributed by atoms with Gasteiger partial charge in [0, 0.05) is 5.39 Å². The molecule has 3 aromatic rings. The first-order chi connectivity index (χ1) is 13.4. The van der Waals surface area contributed by atoms with Gasteiger partial charge in [0.25, 0.3) is 0 Å². The number of anilines is 1. The molecule has 1 N–H and O–H groups in total. The van der Waals surface area contributed by atoms with Crippen LogP contribution in [0, 0.1) is 0 Å². The Labute approximate surface area is 164 Å². The molecule has 0 radical (unpaired) electrons. The van der Waals surface area contributed by atoms with E-state index in [9.17, 15) is 13.2 Å². The molecule has 0 aromatic heterocycles. The molecule has 0 atom stereocenters. The molecule has 0 aliphatic rings. The summed E-state index contributed by atoms with van der Waals surface area (Å²) in [6.45, 7) is 0.280. The van der Waals surface area contributed by atoms with Gasteiger partial charge in [-0.25, -0.2) is 8.42 Å². The zero-order chi connectivity index (χ0) is 20.0. The van der Waals surface area contributed by atoms with Gasteiger partial charge in [-0.15, -0.1) is 0 Å². The van der Waals surface area contributed by atoms with Crippen LogP contribution in [0.1, 0.15) is 0 Å². The van der Waals surface area contributed by atoms with E-state index in [1.165, 1.54) is 0 Å². The second kappa shape index (κ2) is 8.75. The number of hydrogen-bond donors (Lipinski definition) is 1. The Morgan fingerprint density at radius 1 is 0.964 bits per heavy atom. The van der Waals surface area contributed by atoms with Crippen LogP contribution in [-0.2, 0) is 14.8 Å². The minimum absolute atomic E-state index is 0.279. The Morgan fingerprint density at radius 3 is 2.39 bits per heavy atom. The summed E-state index contributed by atoms with van der Waals surface area (Å²) in [7, 11) is -3.64. The molecule has 0 bridgehead atoms. The number of sulfonamides is 1. The van der Waals surface area contributed by atoms with Gasteiger partial charge in [-0.2, -0.15) is 0 Å². The largest absolute Gasteiger partial charge is 0.492 e. The van der Waals surface area contributed by atoms with E-state index in [1.807, 2.05) is 60.7 Å². The second-order valence-corrected chi connectivity index (χ2v) is 8.19. The van der Waals surface area contributed by atoms with Crippen LogP contribution < -0.4 is 14.4 Å². The third-order valence-electron chi connectivity index (χ3n) is 4.16. The molecule has 0 unspecified atom stereocenters. The van der Waals surface area contributed by atoms with Crippen molar-refractivity contribution in [3.8, 4) is 5.75 Å². The zero-order valence-electron chi connectivity index (χ0n) is 15.5. The number of fused-ring (bicyclic) bond motifs is 1. The van der Waals surface area contributed by atoms with Gasteiger partial charge in [-0.3, -0.25) is 9.10 Å². The zero-order valence-corrected chi connectivity index (χ0v) is 16.4. The molecular weight excluding hydrogens is 376 g/mol. The highest BCUT2D eigenvalue weighted by Crippen LogP contribution is 2.28. The standard InChI is InChI=1S/C21H22N2O4S/c1-28(25,26)23(20-13-7-9-17-8-5-6-12-19(17)20)16-21(24)22-14-15-27-18-10-3-2-4-11-18/h2-13H,14-16H2,1H3,(H,22,24). The molecule has 0 fully saturated rings. The fraction of sp³-hybridized carbons (Fsp3) is 0.190. The van der Waals surface area contributed by atoms with E-state index in [1.54, 1.807) is 12.1 Å². The summed E-state index contributed by atoms with van der Waals surface area (Å²) in [5.41, 5.74) is 0.483. The summed E-state index contributed by atoms with van der Waals surface area (Å²) in [5, 5.41) is 4.38. The summed E-state index contributed by atoms with van der Waals surface area (Å²) in [6.07, 6.45) is 1.10. The maximum Gasteiger partial charge on any atom is 0.240 e. The molecule has 1 amide bonds. The number of amides is 1. The smallest absolute Gasteiger partial charge is 0.240 e. The van der Waals surface area contributed by atoms with E-state index in [-0.39, 0.29) is 13.1 Å². The van der Waals surface area contributed by atoms with Gasteiger partial charge in [-0.05, 0) is 23.6 Å². The number of benzene rings is 3. The Bertz CT molecular complexity index is 1050. The van der Waals surface area contributed by atoms with Gasteiger partial charge in [0.1, 0.15) is 18.9 Å². The number of carbonyl (C=O) groups is 1. The normalized spacial score (nSPS) is 11.2. The van der Waals surface area contributed by atoms with E-state index >= 15 is 0 Å². The molecule has 3 aromatic carbocycles. The first kappa shape index (κ1) is 19.7. The lowest BCUT2D eigenvalue weighted by Crippen LogP contribution is -2.41. The number of nitrogens with one attached hydrogen (secondary N) is 1. The highest BCUT2D eigenvalue weighted by atomic mass is 32.2. The molecule has 28 heavy (non-hydrogen) atoms. The lowest BCUT2D eigenvalue weighted by Gasteiger charge is -2.23. The van der Waals surface area contributed by atoms with Crippen molar-refractivity contribution in [1.82, 2.24) is 5.32 Å². The molecule has 0 heterocycles. The van der Waals surface area contributed by atoms with Crippen molar-refractivity contribution in [3.05, 3.63) is 72.8 Å². The minimum atomic E-state index is -3.64. The van der Waals surface area contributed by atoms with E-state index < -0.39 is 15.9 Å². The number of hydrogen-bond acceptors (Lipinski definition) is 4. The summed E-state index contributed by atoms with van der Waals surface area (Å²) < 4.78 is 31.3. The number of nitrogens with zero attached hydrogens (tertiary/aromatic N) is 1. The van der Waals surface area contributed by atoms with Crippen LogP contribution in [0.15, 0.2) is 72.8 Å². The molecule has 3 rings (SSSR count). The minimum Gasteiger partial charge on any atom is -0.492 e. The Morgan fingerprint density at radius 2 is 1.64 bits per heavy atom. The van der Waals surface area contributed by atoms with Crippen LogP contribution in [0.5, 0.6) is 5.75 Å². The summed E-state index contributed by atoms with van der Waals surface area (Å²) in [4.78, 5) is 12.3. The van der Waals surface area contributed by atoms with Gasteiger partial charge in [0.2, 0.25) is 15.9 Å². The quantitative estimate of drug-likeness (QED) is 0.592. The van der Waals surface area contributed by atoms with E-state index in [0.717, 1.165) is 21.3 Å². The van der Waals surface area contributed by atoms with Crippen LogP contribution in [-0.4, -0.2) is 40.3 Å². The Hall–Kier alpha value is -3.06. The molecule has 7 heteroatoms. The van der Waals surface area contributed by atoms with Crippen molar-refractivity contribution in [2.75, 3.05) is 30.3 Å². The number of carbonyl (C=O) groups excluding carboxylic acids is 1. The monoisotopic (exact) mass is 398 g/mol. The predicted octanol–water partition coefficient (Wildman–Crippen LogP) is 2.80. The van der Waals surface area contributed by atoms with Gasteiger partial charge in [0.05, 0.1) is 18.5 Å². The molecule has 6 nitrogen and oxygen atoms in total. The lowest BCUT2D eigenvalue weighted by molar-refractivity contribution is -0.119. The average molecular weight is 398 g/mol. The van der Waals surface area contributed by atoms with E-state index in [0.29, 0.717) is 18.0 Å². The highest BCUT2D eigenvalue weighted by molar-refractivity contribution is 7.92. The van der Waals surface area contributed by atoms with E-state index in [4.69, 9.17) is 4.74 Å². The van der Waals surface area contributed by atoms with Crippen LogP contribution in [0.3, 0.4) is 0 Å². The van der Waals surface area contributed by atoms with Crippen LogP contribution in [0.4, 0.5) is 5.69 Å². The Balaban J connectivity index is 1.67. The SMILES string of the molecule is CS(=O)(=O)N(CC(=O)NCCOc1ccccc1)c1cccc2ccccc12. The topological polar surface area (TPSA) is 75.7 Å². The third kappa shape index (κ3) is 5.01. The van der Waals surface area contributed by atoms with Crippen LogP contribution in [0.2, 0.25) is 0 Å². The van der Waals surface area contributed by atoms with Crippen LogP contribution in [0.25, 0.3) is 10.8 Å². The second-order valence-electron chi connectivity index (χ2n) is 6.28. The Kier molecular flexibility index (Phi) is 6.16. The van der Waals surface area contributed by atoms with Crippen molar-refractivity contribution in [2.45, 2.75) is 0 Å². The molecule has 0 spiro atoms. The van der Waals surface area contributed by atoms with Crippen molar-refractivity contribution >= 4 is 32.4 Å². The van der Waals surface area contributed by atoms with Crippen LogP contribution >= 0.6 is 0 Å². The third-order valence-corrected chi connectivity index (χ3v) is 5.29. The van der Waals surface area contributed by atoms with Crippen molar-refractivity contribution in [2.24, 2.45) is 0 Å². The fourth-order valence-electron chi connectivity index (χ4n) is 2.87. The maximum absolute atomic E-state index is 12.3. The molecular formula is C21H22N2O4S. The van der Waals surface area contributed by atoms with Gasteiger partial charge in [-0.1, -0.05) is 54.6 Å².